The van der Waals surface area contributed by atoms with E-state index in [0.717, 1.165) is 30.5 Å². The quantitative estimate of drug-likeness (QED) is 0.890. The lowest BCUT2D eigenvalue weighted by atomic mass is 9.99. The van der Waals surface area contributed by atoms with Crippen LogP contribution in [0, 0.1) is 0 Å². The molecule has 1 aliphatic heterocycles. The minimum absolute atomic E-state index is 0.431. The summed E-state index contributed by atoms with van der Waals surface area (Å²) in [5.74, 6) is 0. The number of nitrogens with one attached hydrogen (secondary N) is 2. The van der Waals surface area contributed by atoms with Gasteiger partial charge in [0.15, 0.2) is 0 Å². The fourth-order valence-corrected chi connectivity index (χ4v) is 2.27. The highest BCUT2D eigenvalue weighted by molar-refractivity contribution is 9.11. The Morgan fingerprint density at radius 1 is 1.50 bits per heavy atom. The summed E-state index contributed by atoms with van der Waals surface area (Å²) in [6.07, 6.45) is 1.12. The van der Waals surface area contributed by atoms with Crippen molar-refractivity contribution in [3.8, 4) is 0 Å². The van der Waals surface area contributed by atoms with Gasteiger partial charge in [-0.3, -0.25) is 0 Å². The Kier molecular flexibility index (Phi) is 4.16. The summed E-state index contributed by atoms with van der Waals surface area (Å²) in [6, 6.07) is 9.07. The van der Waals surface area contributed by atoms with Crippen molar-refractivity contribution in [3.05, 3.63) is 46.5 Å². The van der Waals surface area contributed by atoms with E-state index in [0.29, 0.717) is 6.04 Å². The molecule has 0 bridgehead atoms. The largest absolute Gasteiger partial charge is 0.313 e. The molecule has 1 aliphatic rings. The molecule has 1 aromatic carbocycles. The maximum absolute atomic E-state index is 3.86. The number of halogens is 1. The van der Waals surface area contributed by atoms with Crippen molar-refractivity contribution in [2.75, 3.05) is 13.1 Å². The van der Waals surface area contributed by atoms with E-state index < -0.39 is 0 Å². The first-order valence-electron chi connectivity index (χ1n) is 5.62. The van der Waals surface area contributed by atoms with Crippen LogP contribution in [0.25, 0.3) is 0 Å². The van der Waals surface area contributed by atoms with E-state index in [9.17, 15) is 0 Å². The number of fused-ring (bicyclic) bond motifs is 1. The van der Waals surface area contributed by atoms with Crippen LogP contribution >= 0.6 is 15.9 Å². The van der Waals surface area contributed by atoms with Crippen LogP contribution in [-0.4, -0.2) is 13.1 Å². The molecule has 86 valence electrons. The number of hydrogen-bond donors (Lipinski definition) is 2. The standard InChI is InChI=1S/C13H17BrN2/c1-10(14)8-16-13-6-7-15-9-11-4-2-3-5-12(11)13/h2-5,13,15-16H,1,6-9H2. The van der Waals surface area contributed by atoms with Crippen molar-refractivity contribution in [1.82, 2.24) is 10.6 Å². The molecule has 2 rings (SSSR count). The molecular formula is C13H17BrN2. The van der Waals surface area contributed by atoms with Crippen molar-refractivity contribution in [2.24, 2.45) is 0 Å². The highest BCUT2D eigenvalue weighted by atomic mass is 79.9. The van der Waals surface area contributed by atoms with E-state index in [4.69, 9.17) is 0 Å². The van der Waals surface area contributed by atoms with Crippen LogP contribution in [0.5, 0.6) is 0 Å². The average Bonchev–Trinajstić information content (AvgIpc) is 2.48. The molecular weight excluding hydrogens is 264 g/mol. The smallest absolute Gasteiger partial charge is 0.0338 e. The molecule has 1 atom stereocenters. The van der Waals surface area contributed by atoms with Gasteiger partial charge in [-0.05, 0) is 24.1 Å². The summed E-state index contributed by atoms with van der Waals surface area (Å²) >= 11 is 3.39. The van der Waals surface area contributed by atoms with Crippen LogP contribution in [0.3, 0.4) is 0 Å². The van der Waals surface area contributed by atoms with E-state index >= 15 is 0 Å². The number of benzene rings is 1. The van der Waals surface area contributed by atoms with Gasteiger partial charge < -0.3 is 10.6 Å². The fourth-order valence-electron chi connectivity index (χ4n) is 2.11. The van der Waals surface area contributed by atoms with Gasteiger partial charge in [-0.15, -0.1) is 0 Å². The molecule has 1 heterocycles. The first-order valence-corrected chi connectivity index (χ1v) is 6.42. The van der Waals surface area contributed by atoms with Crippen LogP contribution in [0.4, 0.5) is 0 Å². The molecule has 0 saturated carbocycles. The molecule has 0 aliphatic carbocycles. The minimum Gasteiger partial charge on any atom is -0.313 e. The molecule has 0 fully saturated rings. The summed E-state index contributed by atoms with van der Waals surface area (Å²) < 4.78 is 1.00. The van der Waals surface area contributed by atoms with Crippen LogP contribution in [-0.2, 0) is 6.54 Å². The molecule has 0 radical (unpaired) electrons. The predicted molar refractivity (Wildman–Crippen MR) is 71.6 cm³/mol. The average molecular weight is 281 g/mol. The third-order valence-electron chi connectivity index (χ3n) is 2.90. The van der Waals surface area contributed by atoms with Gasteiger partial charge >= 0.3 is 0 Å². The summed E-state index contributed by atoms with van der Waals surface area (Å²) in [4.78, 5) is 0. The van der Waals surface area contributed by atoms with E-state index in [1.165, 1.54) is 11.1 Å². The SMILES string of the molecule is C=C(Br)CNC1CCNCc2ccccc21. The summed E-state index contributed by atoms with van der Waals surface area (Å²) in [6.45, 7) is 6.71. The van der Waals surface area contributed by atoms with Gasteiger partial charge in [0, 0.05) is 23.6 Å². The normalized spacial score (nSPS) is 19.9. The molecule has 2 N–H and O–H groups in total. The topological polar surface area (TPSA) is 24.1 Å². The van der Waals surface area contributed by atoms with Gasteiger partial charge in [0.05, 0.1) is 0 Å². The van der Waals surface area contributed by atoms with Gasteiger partial charge in [0.25, 0.3) is 0 Å². The van der Waals surface area contributed by atoms with Gasteiger partial charge in [-0.25, -0.2) is 0 Å². The molecule has 16 heavy (non-hydrogen) atoms. The van der Waals surface area contributed by atoms with E-state index in [-0.39, 0.29) is 0 Å². The maximum atomic E-state index is 3.86. The Labute approximate surface area is 105 Å². The lowest BCUT2D eigenvalue weighted by molar-refractivity contribution is 0.520. The molecule has 0 saturated heterocycles. The van der Waals surface area contributed by atoms with Crippen LogP contribution in [0.1, 0.15) is 23.6 Å². The van der Waals surface area contributed by atoms with Crippen LogP contribution in [0.15, 0.2) is 35.3 Å². The maximum Gasteiger partial charge on any atom is 0.0338 e. The second kappa shape index (κ2) is 5.62. The van der Waals surface area contributed by atoms with Crippen molar-refractivity contribution < 1.29 is 0 Å². The number of rotatable bonds is 3. The lowest BCUT2D eigenvalue weighted by Gasteiger charge is -2.18. The Bertz CT molecular complexity index is 376. The Hall–Kier alpha value is -0.640. The summed E-state index contributed by atoms with van der Waals surface area (Å²) in [5, 5.41) is 6.98. The second-order valence-electron chi connectivity index (χ2n) is 4.12. The van der Waals surface area contributed by atoms with Gasteiger partial charge in [0.2, 0.25) is 0 Å². The molecule has 2 nitrogen and oxygen atoms in total. The zero-order valence-electron chi connectivity index (χ0n) is 9.30. The predicted octanol–water partition coefficient (Wildman–Crippen LogP) is 2.72. The third kappa shape index (κ3) is 2.94. The first kappa shape index (κ1) is 11.8. The Morgan fingerprint density at radius 2 is 2.31 bits per heavy atom. The van der Waals surface area contributed by atoms with E-state index in [1.807, 2.05) is 0 Å². The molecule has 3 heteroatoms. The van der Waals surface area contributed by atoms with Crippen molar-refractivity contribution in [2.45, 2.75) is 19.0 Å². The summed E-state index contributed by atoms with van der Waals surface area (Å²) in [5.41, 5.74) is 2.82. The molecule has 0 spiro atoms. The zero-order chi connectivity index (χ0) is 11.4. The molecule has 0 amide bonds. The second-order valence-corrected chi connectivity index (χ2v) is 5.24. The van der Waals surface area contributed by atoms with Crippen molar-refractivity contribution >= 4 is 15.9 Å². The Morgan fingerprint density at radius 3 is 3.12 bits per heavy atom. The van der Waals surface area contributed by atoms with Gasteiger partial charge in [0.1, 0.15) is 0 Å². The molecule has 0 aromatic heterocycles. The monoisotopic (exact) mass is 280 g/mol. The first-order chi connectivity index (χ1) is 7.77. The lowest BCUT2D eigenvalue weighted by Crippen LogP contribution is -2.24. The number of hydrogen-bond acceptors (Lipinski definition) is 2. The zero-order valence-corrected chi connectivity index (χ0v) is 10.9. The third-order valence-corrected chi connectivity index (χ3v) is 3.18. The highest BCUT2D eigenvalue weighted by Gasteiger charge is 2.16. The highest BCUT2D eigenvalue weighted by Crippen LogP contribution is 2.23. The van der Waals surface area contributed by atoms with Crippen LogP contribution in [0.2, 0.25) is 0 Å². The van der Waals surface area contributed by atoms with E-state index in [2.05, 4.69) is 57.4 Å². The van der Waals surface area contributed by atoms with Crippen molar-refractivity contribution in [1.29, 1.82) is 0 Å². The molecule has 1 aromatic rings. The Balaban J connectivity index is 2.15. The fraction of sp³-hybridized carbons (Fsp3) is 0.385. The van der Waals surface area contributed by atoms with Crippen LogP contribution < -0.4 is 10.6 Å². The van der Waals surface area contributed by atoms with Gasteiger partial charge in [-0.2, -0.15) is 0 Å². The molecule has 1 unspecified atom stereocenters. The van der Waals surface area contributed by atoms with E-state index in [1.54, 1.807) is 0 Å². The summed E-state index contributed by atoms with van der Waals surface area (Å²) in [7, 11) is 0. The van der Waals surface area contributed by atoms with Crippen molar-refractivity contribution in [3.63, 3.8) is 0 Å². The minimum atomic E-state index is 0.431. The van der Waals surface area contributed by atoms with Gasteiger partial charge in [-0.1, -0.05) is 46.8 Å².